The molecular weight excluding hydrogens is 410 g/mol. The fraction of sp³-hybridized carbons (Fsp3) is 0.417. The first-order valence-corrected chi connectivity index (χ1v) is 11.0. The smallest absolute Gasteiger partial charge is 0.251 e. The molecule has 1 atom stereocenters. The number of methoxy groups -OCH3 is 1. The summed E-state index contributed by atoms with van der Waals surface area (Å²) < 4.78 is 16.5. The van der Waals surface area contributed by atoms with Crippen LogP contribution >= 0.6 is 0 Å². The molecule has 0 saturated carbocycles. The largest absolute Gasteiger partial charge is 0.493 e. The molecule has 1 unspecified atom stereocenters. The summed E-state index contributed by atoms with van der Waals surface area (Å²) in [7, 11) is 1.51. The van der Waals surface area contributed by atoms with Gasteiger partial charge >= 0.3 is 0 Å². The Morgan fingerprint density at radius 1 is 1.12 bits per heavy atom. The van der Waals surface area contributed by atoms with E-state index < -0.39 is 0 Å². The molecule has 2 aliphatic rings. The van der Waals surface area contributed by atoms with Gasteiger partial charge in [0.1, 0.15) is 13.2 Å². The minimum atomic E-state index is -0.358. The lowest BCUT2D eigenvalue weighted by Gasteiger charge is -2.22. The summed E-state index contributed by atoms with van der Waals surface area (Å²) >= 11 is 0. The zero-order chi connectivity index (χ0) is 22.5. The number of benzene rings is 2. The normalized spacial score (nSPS) is 15.8. The van der Waals surface area contributed by atoms with Crippen LogP contribution in [-0.4, -0.2) is 51.3 Å². The Hall–Kier alpha value is -3.42. The van der Waals surface area contributed by atoms with Gasteiger partial charge in [0.25, 0.3) is 5.91 Å². The monoisotopic (exact) mass is 439 g/mol. The first kappa shape index (κ1) is 21.8. The third kappa shape index (κ3) is 5.07. The average Bonchev–Trinajstić information content (AvgIpc) is 3.33. The number of anilines is 2. The number of nitrogens with one attached hydrogen (secondary N) is 2. The molecule has 2 aromatic carbocycles. The van der Waals surface area contributed by atoms with E-state index in [0.29, 0.717) is 36.0 Å². The number of rotatable bonds is 7. The van der Waals surface area contributed by atoms with E-state index in [0.717, 1.165) is 24.5 Å². The second kappa shape index (κ2) is 9.80. The van der Waals surface area contributed by atoms with E-state index in [4.69, 9.17) is 14.2 Å². The van der Waals surface area contributed by atoms with Crippen molar-refractivity contribution in [1.82, 2.24) is 5.32 Å². The average molecular weight is 440 g/mol. The summed E-state index contributed by atoms with van der Waals surface area (Å²) in [4.78, 5) is 27.6. The number of ether oxygens (including phenoxy) is 3. The highest BCUT2D eigenvalue weighted by Crippen LogP contribution is 2.40. The number of carbonyl (C=O) groups is 2. The van der Waals surface area contributed by atoms with Gasteiger partial charge in [0.05, 0.1) is 7.11 Å². The molecule has 4 rings (SSSR count). The second-order valence-corrected chi connectivity index (χ2v) is 8.07. The molecule has 0 radical (unpaired) electrons. The van der Waals surface area contributed by atoms with Gasteiger partial charge in [0.15, 0.2) is 11.5 Å². The van der Waals surface area contributed by atoms with Crippen molar-refractivity contribution in [3.8, 4) is 17.2 Å². The maximum absolute atomic E-state index is 12.7. The molecule has 0 aromatic heterocycles. The van der Waals surface area contributed by atoms with Gasteiger partial charge in [-0.1, -0.05) is 6.07 Å². The SMILES string of the molecule is COc1cc(C(=O)NC(C)CC(=O)Nc2cccc(N3CCCC3)c2)cc2c1OCCO2. The van der Waals surface area contributed by atoms with E-state index in [9.17, 15) is 9.59 Å². The predicted octanol–water partition coefficient (Wildman–Crippen LogP) is 3.21. The van der Waals surface area contributed by atoms with Gasteiger partial charge in [-0.15, -0.1) is 0 Å². The van der Waals surface area contributed by atoms with E-state index in [1.165, 1.54) is 20.0 Å². The van der Waals surface area contributed by atoms with Crippen molar-refractivity contribution in [2.75, 3.05) is 43.6 Å². The maximum atomic E-state index is 12.7. The van der Waals surface area contributed by atoms with E-state index >= 15 is 0 Å². The Morgan fingerprint density at radius 2 is 1.91 bits per heavy atom. The molecule has 2 aromatic rings. The van der Waals surface area contributed by atoms with Crippen molar-refractivity contribution >= 4 is 23.2 Å². The fourth-order valence-electron chi connectivity index (χ4n) is 4.01. The van der Waals surface area contributed by atoms with Crippen LogP contribution in [0.15, 0.2) is 36.4 Å². The van der Waals surface area contributed by atoms with Crippen LogP contribution in [0.2, 0.25) is 0 Å². The van der Waals surface area contributed by atoms with E-state index in [1.54, 1.807) is 19.1 Å². The van der Waals surface area contributed by atoms with E-state index in [1.807, 2.05) is 18.2 Å². The molecule has 8 nitrogen and oxygen atoms in total. The molecule has 0 bridgehead atoms. The second-order valence-electron chi connectivity index (χ2n) is 8.07. The zero-order valence-corrected chi connectivity index (χ0v) is 18.5. The van der Waals surface area contributed by atoms with Crippen LogP contribution in [0.1, 0.15) is 36.5 Å². The molecule has 1 fully saturated rings. The van der Waals surface area contributed by atoms with Gasteiger partial charge in [-0.05, 0) is 50.1 Å². The molecular formula is C24H29N3O5. The number of amides is 2. The van der Waals surface area contributed by atoms with Crippen molar-refractivity contribution in [2.45, 2.75) is 32.2 Å². The van der Waals surface area contributed by atoms with Crippen molar-refractivity contribution in [2.24, 2.45) is 0 Å². The lowest BCUT2D eigenvalue weighted by molar-refractivity contribution is -0.116. The quantitative estimate of drug-likeness (QED) is 0.689. The summed E-state index contributed by atoms with van der Waals surface area (Å²) in [5, 5.41) is 5.80. The molecule has 0 spiro atoms. The van der Waals surface area contributed by atoms with Gasteiger partial charge in [-0.3, -0.25) is 9.59 Å². The van der Waals surface area contributed by atoms with Crippen molar-refractivity contribution < 1.29 is 23.8 Å². The third-order valence-electron chi connectivity index (χ3n) is 5.56. The molecule has 0 aliphatic carbocycles. The first-order chi connectivity index (χ1) is 15.5. The minimum Gasteiger partial charge on any atom is -0.493 e. The summed E-state index contributed by atoms with van der Waals surface area (Å²) in [6.07, 6.45) is 2.55. The van der Waals surface area contributed by atoms with Gasteiger partial charge in [-0.25, -0.2) is 0 Å². The first-order valence-electron chi connectivity index (χ1n) is 11.0. The lowest BCUT2D eigenvalue weighted by atomic mass is 10.1. The van der Waals surface area contributed by atoms with Crippen LogP contribution < -0.4 is 29.7 Å². The number of fused-ring (bicyclic) bond motifs is 1. The highest BCUT2D eigenvalue weighted by Gasteiger charge is 2.22. The topological polar surface area (TPSA) is 89.1 Å². The minimum absolute atomic E-state index is 0.154. The van der Waals surface area contributed by atoms with Gasteiger partial charge in [-0.2, -0.15) is 0 Å². The predicted molar refractivity (Wildman–Crippen MR) is 122 cm³/mol. The third-order valence-corrected chi connectivity index (χ3v) is 5.56. The van der Waals surface area contributed by atoms with Gasteiger partial charge in [0.2, 0.25) is 11.7 Å². The molecule has 2 amide bonds. The van der Waals surface area contributed by atoms with E-state index in [-0.39, 0.29) is 24.3 Å². The summed E-state index contributed by atoms with van der Waals surface area (Å²) in [6, 6.07) is 10.8. The number of nitrogens with zero attached hydrogens (tertiary/aromatic N) is 1. The summed E-state index contributed by atoms with van der Waals surface area (Å²) in [5.41, 5.74) is 2.26. The Morgan fingerprint density at radius 3 is 2.69 bits per heavy atom. The van der Waals surface area contributed by atoms with Crippen LogP contribution in [0.4, 0.5) is 11.4 Å². The number of carbonyl (C=O) groups excluding carboxylic acids is 2. The van der Waals surface area contributed by atoms with Crippen molar-refractivity contribution in [1.29, 1.82) is 0 Å². The Balaban J connectivity index is 1.34. The lowest BCUT2D eigenvalue weighted by Crippen LogP contribution is -2.35. The molecule has 1 saturated heterocycles. The number of hydrogen-bond acceptors (Lipinski definition) is 6. The van der Waals surface area contributed by atoms with Crippen LogP contribution in [0, 0.1) is 0 Å². The van der Waals surface area contributed by atoms with Gasteiger partial charge < -0.3 is 29.7 Å². The standard InChI is InChI=1S/C24H29N3O5/c1-16(12-22(28)26-18-6-5-7-19(15-18)27-8-3-4-9-27)25-24(29)17-13-20(30-2)23-21(14-17)31-10-11-32-23/h5-7,13-16H,3-4,8-12H2,1-2H3,(H,25,29)(H,26,28). The van der Waals surface area contributed by atoms with Crippen LogP contribution in [-0.2, 0) is 4.79 Å². The summed E-state index contributed by atoms with van der Waals surface area (Å²) in [6.45, 7) is 4.74. The van der Waals surface area contributed by atoms with Crippen LogP contribution in [0.25, 0.3) is 0 Å². The zero-order valence-electron chi connectivity index (χ0n) is 18.5. The summed E-state index contributed by atoms with van der Waals surface area (Å²) in [5.74, 6) is 0.950. The highest BCUT2D eigenvalue weighted by atomic mass is 16.6. The van der Waals surface area contributed by atoms with Gasteiger partial charge in [0, 0.05) is 42.5 Å². The Bertz CT molecular complexity index is 970. The molecule has 2 heterocycles. The van der Waals surface area contributed by atoms with Crippen LogP contribution in [0.3, 0.4) is 0 Å². The van der Waals surface area contributed by atoms with Crippen LogP contribution in [0.5, 0.6) is 17.2 Å². The number of hydrogen-bond donors (Lipinski definition) is 2. The molecule has 32 heavy (non-hydrogen) atoms. The molecule has 2 N–H and O–H groups in total. The van der Waals surface area contributed by atoms with Crippen molar-refractivity contribution in [3.05, 3.63) is 42.0 Å². The molecule has 8 heteroatoms. The van der Waals surface area contributed by atoms with Crippen molar-refractivity contribution in [3.63, 3.8) is 0 Å². The maximum Gasteiger partial charge on any atom is 0.251 e. The Kier molecular flexibility index (Phi) is 6.68. The Labute approximate surface area is 187 Å². The molecule has 170 valence electrons. The van der Waals surface area contributed by atoms with E-state index in [2.05, 4.69) is 21.6 Å². The molecule has 2 aliphatic heterocycles. The highest BCUT2D eigenvalue weighted by molar-refractivity contribution is 5.97. The fourth-order valence-corrected chi connectivity index (χ4v) is 4.01.